The molecule has 5 heteroatoms. The van der Waals surface area contributed by atoms with Gasteiger partial charge in [-0.15, -0.1) is 22.7 Å². The molecule has 0 radical (unpaired) electrons. The molecule has 2 aromatic rings. The number of nitrogens with one attached hydrogen (secondary N) is 1. The molecule has 0 aromatic carbocycles. The predicted octanol–water partition coefficient (Wildman–Crippen LogP) is 3.55. The third-order valence-corrected chi connectivity index (χ3v) is 7.83. The number of hydrogen-bond acceptors (Lipinski definition) is 4. The van der Waals surface area contributed by atoms with Crippen LogP contribution in [-0.2, 0) is 0 Å². The molecule has 23 heavy (non-hydrogen) atoms. The van der Waals surface area contributed by atoms with Gasteiger partial charge < -0.3 is 10.2 Å². The van der Waals surface area contributed by atoms with Crippen LogP contribution in [0.25, 0.3) is 9.75 Å². The number of rotatable bonds is 3. The molecule has 4 aliphatic rings. The second-order valence-electron chi connectivity index (χ2n) is 7.22. The minimum Gasteiger partial charge on any atom is -0.348 e. The quantitative estimate of drug-likeness (QED) is 0.923. The van der Waals surface area contributed by atoms with E-state index < -0.39 is 0 Å². The maximum Gasteiger partial charge on any atom is 0.261 e. The van der Waals surface area contributed by atoms with E-state index >= 15 is 0 Å². The fraction of sp³-hybridized carbons (Fsp3) is 0.500. The van der Waals surface area contributed by atoms with Gasteiger partial charge >= 0.3 is 0 Å². The van der Waals surface area contributed by atoms with Crippen LogP contribution in [0, 0.1) is 17.8 Å². The topological polar surface area (TPSA) is 32.3 Å². The Bertz CT molecular complexity index is 693. The number of hydrogen-bond donors (Lipinski definition) is 1. The van der Waals surface area contributed by atoms with Gasteiger partial charge in [0.2, 0.25) is 0 Å². The normalized spacial score (nSPS) is 34.7. The highest BCUT2D eigenvalue weighted by Crippen LogP contribution is 2.43. The van der Waals surface area contributed by atoms with Gasteiger partial charge in [0.15, 0.2) is 0 Å². The van der Waals surface area contributed by atoms with Crippen molar-refractivity contribution in [2.24, 2.45) is 17.8 Å². The largest absolute Gasteiger partial charge is 0.348 e. The van der Waals surface area contributed by atoms with Gasteiger partial charge in [-0.25, -0.2) is 0 Å². The predicted molar refractivity (Wildman–Crippen MR) is 95.0 cm³/mol. The molecule has 3 nitrogen and oxygen atoms in total. The smallest absolute Gasteiger partial charge is 0.261 e. The second kappa shape index (κ2) is 5.43. The lowest BCUT2D eigenvalue weighted by Crippen LogP contribution is -2.64. The number of thiophene rings is 2. The molecule has 3 saturated heterocycles. The van der Waals surface area contributed by atoms with Gasteiger partial charge in [0.25, 0.3) is 5.91 Å². The molecule has 1 aliphatic carbocycles. The molecule has 4 bridgehead atoms. The number of amides is 1. The Kier molecular flexibility index (Phi) is 3.35. The van der Waals surface area contributed by atoms with Crippen LogP contribution >= 0.6 is 22.7 Å². The molecule has 0 spiro atoms. The van der Waals surface area contributed by atoms with E-state index in [-0.39, 0.29) is 5.91 Å². The summed E-state index contributed by atoms with van der Waals surface area (Å²) >= 11 is 3.34. The highest BCUT2D eigenvalue weighted by Gasteiger charge is 2.47. The molecular formula is C18H20N2OS2. The molecule has 1 saturated carbocycles. The summed E-state index contributed by atoms with van der Waals surface area (Å²) < 4.78 is 0. The lowest BCUT2D eigenvalue weighted by atomic mass is 9.65. The van der Waals surface area contributed by atoms with E-state index in [2.05, 4.69) is 33.8 Å². The van der Waals surface area contributed by atoms with Crippen LogP contribution in [0.15, 0.2) is 29.6 Å². The fourth-order valence-electron chi connectivity index (χ4n) is 4.88. The van der Waals surface area contributed by atoms with E-state index in [4.69, 9.17) is 0 Å². The lowest BCUT2D eigenvalue weighted by Gasteiger charge is -2.55. The van der Waals surface area contributed by atoms with E-state index in [1.54, 1.807) is 22.7 Å². The molecule has 5 atom stereocenters. The molecular weight excluding hydrogens is 324 g/mol. The Morgan fingerprint density at radius 2 is 1.91 bits per heavy atom. The lowest BCUT2D eigenvalue weighted by molar-refractivity contribution is -0.0418. The molecule has 6 rings (SSSR count). The zero-order valence-electron chi connectivity index (χ0n) is 12.9. The first-order valence-corrected chi connectivity index (χ1v) is 10.1. The molecule has 4 fully saturated rings. The Balaban J connectivity index is 1.32. The van der Waals surface area contributed by atoms with Crippen molar-refractivity contribution in [2.75, 3.05) is 19.6 Å². The molecule has 2 aromatic heterocycles. The van der Waals surface area contributed by atoms with Crippen molar-refractivity contribution in [1.29, 1.82) is 0 Å². The third kappa shape index (κ3) is 2.46. The van der Waals surface area contributed by atoms with Crippen molar-refractivity contribution in [3.63, 3.8) is 0 Å². The molecule has 1 amide bonds. The van der Waals surface area contributed by atoms with Gasteiger partial charge in [0, 0.05) is 35.4 Å². The highest BCUT2D eigenvalue weighted by atomic mass is 32.1. The van der Waals surface area contributed by atoms with Gasteiger partial charge in [0.1, 0.15) is 0 Å². The molecule has 3 aliphatic heterocycles. The summed E-state index contributed by atoms with van der Waals surface area (Å²) in [6.45, 7) is 3.66. The zero-order valence-corrected chi connectivity index (χ0v) is 14.5. The monoisotopic (exact) mass is 344 g/mol. The summed E-state index contributed by atoms with van der Waals surface area (Å²) in [5.74, 6) is 2.35. The number of carbonyl (C=O) groups excluding carboxylic acids is 1. The van der Waals surface area contributed by atoms with E-state index in [0.29, 0.717) is 17.9 Å². The second-order valence-corrected chi connectivity index (χ2v) is 9.25. The van der Waals surface area contributed by atoms with Gasteiger partial charge in [-0.1, -0.05) is 6.07 Å². The average Bonchev–Trinajstić information content (AvgIpc) is 3.20. The molecule has 5 heterocycles. The number of piperidine rings is 3. The summed E-state index contributed by atoms with van der Waals surface area (Å²) in [6, 6.07) is 8.62. The first-order chi connectivity index (χ1) is 11.3. The van der Waals surface area contributed by atoms with Crippen LogP contribution < -0.4 is 5.32 Å². The maximum absolute atomic E-state index is 12.7. The van der Waals surface area contributed by atoms with Crippen molar-refractivity contribution >= 4 is 28.6 Å². The molecule has 3 unspecified atom stereocenters. The first kappa shape index (κ1) is 14.2. The Morgan fingerprint density at radius 1 is 1.09 bits per heavy atom. The number of nitrogens with zero attached hydrogens (tertiary/aromatic N) is 1. The van der Waals surface area contributed by atoms with Gasteiger partial charge in [-0.3, -0.25) is 4.79 Å². The SMILES string of the molecule is O=C(NC1[C@@H]2CC3C[C@H]1CN(C3)C2)c1ccc(-c2cccs2)s1. The van der Waals surface area contributed by atoms with Crippen LogP contribution in [0.4, 0.5) is 0 Å². The van der Waals surface area contributed by atoms with Gasteiger partial charge in [0.05, 0.1) is 4.88 Å². The van der Waals surface area contributed by atoms with Gasteiger partial charge in [-0.2, -0.15) is 0 Å². The van der Waals surface area contributed by atoms with E-state index in [1.165, 1.54) is 42.2 Å². The average molecular weight is 345 g/mol. The summed E-state index contributed by atoms with van der Waals surface area (Å²) in [5.41, 5.74) is 0. The van der Waals surface area contributed by atoms with Gasteiger partial charge in [-0.05, 0) is 54.2 Å². The van der Waals surface area contributed by atoms with Crippen molar-refractivity contribution in [3.05, 3.63) is 34.5 Å². The van der Waals surface area contributed by atoms with Crippen molar-refractivity contribution in [1.82, 2.24) is 10.2 Å². The minimum absolute atomic E-state index is 0.130. The third-order valence-electron chi connectivity index (χ3n) is 5.68. The van der Waals surface area contributed by atoms with Crippen LogP contribution in [0.5, 0.6) is 0 Å². The summed E-state index contributed by atoms with van der Waals surface area (Å²) in [7, 11) is 0. The zero-order chi connectivity index (χ0) is 15.4. The Hall–Kier alpha value is -1.17. The van der Waals surface area contributed by atoms with Crippen LogP contribution in [0.1, 0.15) is 22.5 Å². The van der Waals surface area contributed by atoms with Crippen molar-refractivity contribution in [3.8, 4) is 9.75 Å². The molecule has 1 N–H and O–H groups in total. The van der Waals surface area contributed by atoms with E-state index in [1.807, 2.05) is 6.07 Å². The van der Waals surface area contributed by atoms with E-state index in [9.17, 15) is 4.79 Å². The fourth-order valence-corrected chi connectivity index (χ4v) is 6.62. The first-order valence-electron chi connectivity index (χ1n) is 8.43. The van der Waals surface area contributed by atoms with Crippen LogP contribution in [0.3, 0.4) is 0 Å². The summed E-state index contributed by atoms with van der Waals surface area (Å²) in [5, 5.41) is 5.47. The van der Waals surface area contributed by atoms with Crippen molar-refractivity contribution < 1.29 is 4.79 Å². The van der Waals surface area contributed by atoms with Crippen LogP contribution in [0.2, 0.25) is 0 Å². The standard InChI is InChI=1S/C18H20N2OS2/c21-18(16-4-3-15(23-16)14-2-1-5-22-14)19-17-12-6-11-7-13(17)10-20(8-11)9-12/h1-5,11-13,17H,6-10H2,(H,19,21)/t11?,12-,13+,17?. The number of carbonyl (C=O) groups is 1. The molecule has 120 valence electrons. The van der Waals surface area contributed by atoms with E-state index in [0.717, 1.165) is 10.8 Å². The Labute approximate surface area is 144 Å². The Morgan fingerprint density at radius 3 is 2.61 bits per heavy atom. The highest BCUT2D eigenvalue weighted by molar-refractivity contribution is 7.22. The summed E-state index contributed by atoms with van der Waals surface area (Å²) in [6.07, 6.45) is 2.62. The minimum atomic E-state index is 0.130. The van der Waals surface area contributed by atoms with Crippen molar-refractivity contribution in [2.45, 2.75) is 18.9 Å². The summed E-state index contributed by atoms with van der Waals surface area (Å²) in [4.78, 5) is 18.6. The maximum atomic E-state index is 12.7. The van der Waals surface area contributed by atoms with Crippen LogP contribution in [-0.4, -0.2) is 36.5 Å².